The van der Waals surface area contributed by atoms with E-state index in [1.807, 2.05) is 18.2 Å². The highest BCUT2D eigenvalue weighted by Gasteiger charge is 2.16. The molecule has 0 heterocycles. The van der Waals surface area contributed by atoms with Crippen molar-refractivity contribution >= 4 is 17.7 Å². The van der Waals surface area contributed by atoms with Gasteiger partial charge >= 0.3 is 0 Å². The molecule has 18 heavy (non-hydrogen) atoms. The Balaban J connectivity index is 2.18. The van der Waals surface area contributed by atoms with Gasteiger partial charge in [0.25, 0.3) is 0 Å². The van der Waals surface area contributed by atoms with Crippen molar-refractivity contribution < 1.29 is 0 Å². The summed E-state index contributed by atoms with van der Waals surface area (Å²) in [7, 11) is 0. The lowest BCUT2D eigenvalue weighted by Crippen LogP contribution is -1.88. The molecule has 0 aromatic heterocycles. The summed E-state index contributed by atoms with van der Waals surface area (Å²) >= 11 is 6.31. The summed E-state index contributed by atoms with van der Waals surface area (Å²) in [4.78, 5) is 0. The van der Waals surface area contributed by atoms with E-state index < -0.39 is 0 Å². The maximum atomic E-state index is 6.31. The van der Waals surface area contributed by atoms with E-state index >= 15 is 0 Å². The molecule has 0 aliphatic heterocycles. The molecular formula is C17H15Cl. The molecule has 90 valence electrons. The SMILES string of the molecule is CCC1=Cc2c(cccc2-c2ccccc2Cl)C1. The third-order valence-electron chi connectivity index (χ3n) is 3.58. The van der Waals surface area contributed by atoms with Gasteiger partial charge in [0.05, 0.1) is 0 Å². The average Bonchev–Trinajstić information content (AvgIpc) is 2.82. The minimum Gasteiger partial charge on any atom is -0.0837 e. The fourth-order valence-corrected chi connectivity index (χ4v) is 2.82. The van der Waals surface area contributed by atoms with E-state index in [2.05, 4.69) is 37.3 Å². The van der Waals surface area contributed by atoms with E-state index in [0.717, 1.165) is 23.4 Å². The van der Waals surface area contributed by atoms with Gasteiger partial charge in [-0.3, -0.25) is 0 Å². The van der Waals surface area contributed by atoms with Gasteiger partial charge in [0, 0.05) is 10.6 Å². The van der Waals surface area contributed by atoms with Crippen molar-refractivity contribution in [3.05, 3.63) is 64.2 Å². The van der Waals surface area contributed by atoms with Crippen molar-refractivity contribution in [1.29, 1.82) is 0 Å². The number of allylic oxidation sites excluding steroid dienone is 1. The van der Waals surface area contributed by atoms with Crippen LogP contribution in [0, 0.1) is 0 Å². The normalized spacial score (nSPS) is 13.3. The van der Waals surface area contributed by atoms with Gasteiger partial charge in [-0.2, -0.15) is 0 Å². The highest BCUT2D eigenvalue weighted by atomic mass is 35.5. The summed E-state index contributed by atoms with van der Waals surface area (Å²) < 4.78 is 0. The van der Waals surface area contributed by atoms with E-state index in [0.29, 0.717) is 0 Å². The van der Waals surface area contributed by atoms with E-state index in [1.165, 1.54) is 22.3 Å². The molecule has 0 saturated carbocycles. The number of hydrogen-bond donors (Lipinski definition) is 0. The summed E-state index contributed by atoms with van der Waals surface area (Å²) in [6.45, 7) is 2.22. The molecule has 0 amide bonds. The van der Waals surface area contributed by atoms with Crippen molar-refractivity contribution in [3.8, 4) is 11.1 Å². The number of hydrogen-bond acceptors (Lipinski definition) is 0. The van der Waals surface area contributed by atoms with Crippen molar-refractivity contribution in [3.63, 3.8) is 0 Å². The minimum atomic E-state index is 0.823. The Labute approximate surface area is 113 Å². The lowest BCUT2D eigenvalue weighted by Gasteiger charge is -2.09. The molecule has 1 aliphatic carbocycles. The zero-order valence-corrected chi connectivity index (χ0v) is 11.2. The smallest absolute Gasteiger partial charge is 0.0484 e. The number of fused-ring (bicyclic) bond motifs is 1. The number of rotatable bonds is 2. The second kappa shape index (κ2) is 4.62. The fourth-order valence-electron chi connectivity index (χ4n) is 2.58. The molecule has 0 atom stereocenters. The quantitative estimate of drug-likeness (QED) is 0.677. The van der Waals surface area contributed by atoms with Crippen LogP contribution in [0.2, 0.25) is 5.02 Å². The van der Waals surface area contributed by atoms with Gasteiger partial charge in [0.1, 0.15) is 0 Å². The monoisotopic (exact) mass is 254 g/mol. The second-order valence-electron chi connectivity index (χ2n) is 4.69. The topological polar surface area (TPSA) is 0 Å². The molecule has 1 heteroatoms. The average molecular weight is 255 g/mol. The maximum absolute atomic E-state index is 6.31. The van der Waals surface area contributed by atoms with Gasteiger partial charge in [0.15, 0.2) is 0 Å². The molecule has 0 radical (unpaired) electrons. The molecular weight excluding hydrogens is 240 g/mol. The van der Waals surface area contributed by atoms with E-state index in [-0.39, 0.29) is 0 Å². The van der Waals surface area contributed by atoms with Crippen LogP contribution < -0.4 is 0 Å². The van der Waals surface area contributed by atoms with Crippen molar-refractivity contribution in [2.24, 2.45) is 0 Å². The van der Waals surface area contributed by atoms with Crippen LogP contribution >= 0.6 is 11.6 Å². The third-order valence-corrected chi connectivity index (χ3v) is 3.91. The molecule has 0 bridgehead atoms. The highest BCUT2D eigenvalue weighted by molar-refractivity contribution is 6.33. The van der Waals surface area contributed by atoms with Crippen LogP contribution in [-0.2, 0) is 6.42 Å². The van der Waals surface area contributed by atoms with E-state index in [9.17, 15) is 0 Å². The Morgan fingerprint density at radius 1 is 1.00 bits per heavy atom. The van der Waals surface area contributed by atoms with Gasteiger partial charge < -0.3 is 0 Å². The van der Waals surface area contributed by atoms with Crippen LogP contribution in [0.1, 0.15) is 24.5 Å². The Kier molecular flexibility index (Phi) is 2.97. The first-order valence-corrected chi connectivity index (χ1v) is 6.73. The molecule has 2 aromatic carbocycles. The van der Waals surface area contributed by atoms with Crippen molar-refractivity contribution in [2.75, 3.05) is 0 Å². The van der Waals surface area contributed by atoms with Crippen molar-refractivity contribution in [1.82, 2.24) is 0 Å². The molecule has 1 aliphatic rings. The summed E-state index contributed by atoms with van der Waals surface area (Å²) in [6, 6.07) is 14.6. The maximum Gasteiger partial charge on any atom is 0.0484 e. The first kappa shape index (κ1) is 11.6. The summed E-state index contributed by atoms with van der Waals surface area (Å²) in [5.74, 6) is 0. The van der Waals surface area contributed by atoms with Crippen LogP contribution in [0.3, 0.4) is 0 Å². The Bertz CT molecular complexity index is 623. The summed E-state index contributed by atoms with van der Waals surface area (Å²) in [6.07, 6.45) is 4.54. The van der Waals surface area contributed by atoms with Crippen molar-refractivity contribution in [2.45, 2.75) is 19.8 Å². The van der Waals surface area contributed by atoms with Crippen LogP contribution in [-0.4, -0.2) is 0 Å². The predicted molar refractivity (Wildman–Crippen MR) is 78.9 cm³/mol. The van der Waals surface area contributed by atoms with Crippen LogP contribution in [0.4, 0.5) is 0 Å². The molecule has 2 aromatic rings. The number of halogens is 1. The molecule has 0 fully saturated rings. The predicted octanol–water partition coefficient (Wildman–Crippen LogP) is 5.36. The summed E-state index contributed by atoms with van der Waals surface area (Å²) in [5.41, 5.74) is 6.65. The molecule has 0 N–H and O–H groups in total. The second-order valence-corrected chi connectivity index (χ2v) is 5.10. The first-order valence-electron chi connectivity index (χ1n) is 6.36. The van der Waals surface area contributed by atoms with Crippen LogP contribution in [0.25, 0.3) is 17.2 Å². The summed E-state index contributed by atoms with van der Waals surface area (Å²) in [5, 5.41) is 0.823. The van der Waals surface area contributed by atoms with Gasteiger partial charge in [-0.25, -0.2) is 0 Å². The molecule has 0 nitrogen and oxygen atoms in total. The van der Waals surface area contributed by atoms with Gasteiger partial charge in [-0.05, 0) is 35.6 Å². The standard InChI is InChI=1S/C17H15Cl/c1-2-12-10-13-6-5-8-14(16(13)11-12)15-7-3-4-9-17(15)18/h3-9,11H,2,10H2,1H3. The van der Waals surface area contributed by atoms with Gasteiger partial charge in [0.2, 0.25) is 0 Å². The van der Waals surface area contributed by atoms with Gasteiger partial charge in [-0.15, -0.1) is 0 Å². The lowest BCUT2D eigenvalue weighted by atomic mass is 9.97. The first-order chi connectivity index (χ1) is 8.79. The third kappa shape index (κ3) is 1.87. The molecule has 0 spiro atoms. The van der Waals surface area contributed by atoms with E-state index in [4.69, 9.17) is 11.6 Å². The van der Waals surface area contributed by atoms with E-state index in [1.54, 1.807) is 0 Å². The van der Waals surface area contributed by atoms with Crippen LogP contribution in [0.5, 0.6) is 0 Å². The zero-order valence-electron chi connectivity index (χ0n) is 10.4. The Morgan fingerprint density at radius 3 is 2.56 bits per heavy atom. The Morgan fingerprint density at radius 2 is 1.78 bits per heavy atom. The lowest BCUT2D eigenvalue weighted by molar-refractivity contribution is 1.04. The fraction of sp³-hybridized carbons (Fsp3) is 0.176. The molecule has 0 saturated heterocycles. The zero-order chi connectivity index (χ0) is 12.5. The van der Waals surface area contributed by atoms with Crippen LogP contribution in [0.15, 0.2) is 48.0 Å². The van der Waals surface area contributed by atoms with Gasteiger partial charge in [-0.1, -0.05) is 66.6 Å². The molecule has 3 rings (SSSR count). The minimum absolute atomic E-state index is 0.823. The number of benzene rings is 2. The highest BCUT2D eigenvalue weighted by Crippen LogP contribution is 2.37. The largest absolute Gasteiger partial charge is 0.0837 e. The molecule has 0 unspecified atom stereocenters. The Hall–Kier alpha value is -1.53.